The SMILES string of the molecule is C#CCn1c(=NC(=O)c2ccc(S(=O)(=O)N(CC)c3ccccc3)cc2)sc2cc3c(cc21)OCCO3. The Kier molecular flexibility index (Phi) is 6.74. The lowest BCUT2D eigenvalue weighted by atomic mass is 10.2. The van der Waals surface area contributed by atoms with Crippen LogP contribution in [-0.4, -0.2) is 38.7 Å². The van der Waals surface area contributed by atoms with Crippen molar-refractivity contribution in [2.45, 2.75) is 18.4 Å². The minimum absolute atomic E-state index is 0.0876. The molecule has 5 rings (SSSR count). The summed E-state index contributed by atoms with van der Waals surface area (Å²) in [6.45, 7) is 3.18. The Morgan fingerprint density at radius 2 is 1.76 bits per heavy atom. The first-order valence-electron chi connectivity index (χ1n) is 11.6. The predicted octanol–water partition coefficient (Wildman–Crippen LogP) is 4.06. The van der Waals surface area contributed by atoms with E-state index in [4.69, 9.17) is 15.9 Å². The van der Waals surface area contributed by atoms with Gasteiger partial charge in [-0.25, -0.2) is 8.42 Å². The van der Waals surface area contributed by atoms with Crippen molar-refractivity contribution in [3.8, 4) is 23.8 Å². The van der Waals surface area contributed by atoms with Crippen molar-refractivity contribution in [1.82, 2.24) is 4.57 Å². The van der Waals surface area contributed by atoms with Gasteiger partial charge in [0.15, 0.2) is 16.3 Å². The molecule has 1 aromatic heterocycles. The van der Waals surface area contributed by atoms with Gasteiger partial charge in [-0.2, -0.15) is 4.99 Å². The Hall–Kier alpha value is -4.07. The number of benzene rings is 3. The third-order valence-corrected chi connectivity index (χ3v) is 8.77. The summed E-state index contributed by atoms with van der Waals surface area (Å²) in [5.74, 6) is 3.36. The van der Waals surface area contributed by atoms with Crippen molar-refractivity contribution in [2.75, 3.05) is 24.1 Å². The molecule has 0 atom stereocenters. The normalized spacial score (nSPS) is 13.4. The number of hydrogen-bond donors (Lipinski definition) is 0. The molecule has 0 bridgehead atoms. The number of sulfonamides is 1. The monoisotopic (exact) mass is 533 g/mol. The Morgan fingerprint density at radius 1 is 1.08 bits per heavy atom. The van der Waals surface area contributed by atoms with Crippen LogP contribution in [-0.2, 0) is 16.6 Å². The van der Waals surface area contributed by atoms with E-state index in [-0.39, 0.29) is 23.5 Å². The van der Waals surface area contributed by atoms with Gasteiger partial charge in [-0.15, -0.1) is 6.42 Å². The van der Waals surface area contributed by atoms with Gasteiger partial charge in [0.2, 0.25) is 0 Å². The van der Waals surface area contributed by atoms with E-state index in [9.17, 15) is 13.2 Å². The van der Waals surface area contributed by atoms with Crippen LogP contribution in [0.25, 0.3) is 10.2 Å². The van der Waals surface area contributed by atoms with Crippen LogP contribution in [0.4, 0.5) is 5.69 Å². The number of terminal acetylenes is 1. The van der Waals surface area contributed by atoms with E-state index in [0.717, 1.165) is 10.2 Å². The first-order valence-corrected chi connectivity index (χ1v) is 13.8. The van der Waals surface area contributed by atoms with Gasteiger partial charge in [0.1, 0.15) is 13.2 Å². The maximum absolute atomic E-state index is 13.2. The van der Waals surface area contributed by atoms with Gasteiger partial charge in [0.05, 0.1) is 27.3 Å². The number of amides is 1. The molecule has 0 saturated heterocycles. The van der Waals surface area contributed by atoms with E-state index in [2.05, 4.69) is 10.9 Å². The number of ether oxygens (including phenoxy) is 2. The molecule has 37 heavy (non-hydrogen) atoms. The maximum Gasteiger partial charge on any atom is 0.279 e. The number of para-hydroxylation sites is 1. The number of anilines is 1. The summed E-state index contributed by atoms with van der Waals surface area (Å²) in [6.07, 6.45) is 5.59. The van der Waals surface area contributed by atoms with Crippen LogP contribution in [0, 0.1) is 12.3 Å². The zero-order valence-electron chi connectivity index (χ0n) is 20.0. The van der Waals surface area contributed by atoms with Crippen LogP contribution in [0.3, 0.4) is 0 Å². The number of carbonyl (C=O) groups is 1. The first kappa shape index (κ1) is 24.6. The van der Waals surface area contributed by atoms with Gasteiger partial charge in [0, 0.05) is 24.2 Å². The second kappa shape index (κ2) is 10.1. The van der Waals surface area contributed by atoms with E-state index < -0.39 is 15.9 Å². The van der Waals surface area contributed by atoms with E-state index in [1.54, 1.807) is 35.8 Å². The Labute approximate surface area is 218 Å². The number of rotatable bonds is 6. The molecule has 1 amide bonds. The molecule has 8 nitrogen and oxygen atoms in total. The first-order chi connectivity index (χ1) is 17.9. The molecule has 10 heteroatoms. The molecule has 0 aliphatic carbocycles. The number of aromatic nitrogens is 1. The highest BCUT2D eigenvalue weighted by atomic mass is 32.2. The third-order valence-electron chi connectivity index (χ3n) is 5.81. The van der Waals surface area contributed by atoms with Gasteiger partial charge < -0.3 is 14.0 Å². The molecule has 2 heterocycles. The maximum atomic E-state index is 13.2. The van der Waals surface area contributed by atoms with E-state index in [0.29, 0.717) is 35.2 Å². The topological polar surface area (TPSA) is 90.2 Å². The van der Waals surface area contributed by atoms with Crippen LogP contribution in [0.1, 0.15) is 17.3 Å². The average Bonchev–Trinajstić information content (AvgIpc) is 3.24. The molecule has 3 aromatic carbocycles. The number of thiazole rings is 1. The highest BCUT2D eigenvalue weighted by molar-refractivity contribution is 7.92. The fourth-order valence-corrected chi connectivity index (χ4v) is 6.58. The summed E-state index contributed by atoms with van der Waals surface area (Å²) >= 11 is 1.31. The highest BCUT2D eigenvalue weighted by Crippen LogP contribution is 2.35. The van der Waals surface area contributed by atoms with Crippen molar-refractivity contribution < 1.29 is 22.7 Å². The lowest BCUT2D eigenvalue weighted by Gasteiger charge is -2.22. The van der Waals surface area contributed by atoms with Gasteiger partial charge in [-0.1, -0.05) is 35.5 Å². The molecular weight excluding hydrogens is 510 g/mol. The van der Waals surface area contributed by atoms with E-state index in [1.165, 1.54) is 39.9 Å². The summed E-state index contributed by atoms with van der Waals surface area (Å²) in [4.78, 5) is 17.9. The smallest absolute Gasteiger partial charge is 0.279 e. The molecule has 0 fully saturated rings. The van der Waals surface area contributed by atoms with Crippen molar-refractivity contribution in [3.63, 3.8) is 0 Å². The molecule has 0 unspecified atom stereocenters. The Morgan fingerprint density at radius 3 is 2.41 bits per heavy atom. The second-order valence-corrected chi connectivity index (χ2v) is 11.0. The molecule has 188 valence electrons. The fraction of sp³-hybridized carbons (Fsp3) is 0.185. The molecule has 0 N–H and O–H groups in total. The summed E-state index contributed by atoms with van der Waals surface area (Å²) in [7, 11) is -3.80. The fourth-order valence-electron chi connectivity index (χ4n) is 4.07. The van der Waals surface area contributed by atoms with Gasteiger partial charge >= 0.3 is 0 Å². The van der Waals surface area contributed by atoms with Gasteiger partial charge in [-0.05, 0) is 43.3 Å². The quantitative estimate of drug-likeness (QED) is 0.349. The molecule has 0 spiro atoms. The molecule has 4 aromatic rings. The Balaban J connectivity index is 1.48. The zero-order chi connectivity index (χ0) is 26.0. The third kappa shape index (κ3) is 4.71. The summed E-state index contributed by atoms with van der Waals surface area (Å²) in [6, 6.07) is 18.4. The van der Waals surface area contributed by atoms with Crippen molar-refractivity contribution in [3.05, 3.63) is 77.1 Å². The van der Waals surface area contributed by atoms with Gasteiger partial charge in [-0.3, -0.25) is 9.10 Å². The minimum atomic E-state index is -3.80. The lowest BCUT2D eigenvalue weighted by molar-refractivity contribution is 0.0998. The minimum Gasteiger partial charge on any atom is -0.486 e. The standard InChI is InChI=1S/C27H23N3O5S2/c1-3-14-29-22-17-23-24(35-16-15-34-23)18-25(22)36-27(29)28-26(31)19-10-12-21(13-11-19)37(32,33)30(4-2)20-8-6-5-7-9-20/h1,5-13,17-18H,4,14-16H2,2H3. The summed E-state index contributed by atoms with van der Waals surface area (Å²) in [5, 5.41) is 0. The van der Waals surface area contributed by atoms with Crippen molar-refractivity contribution >= 4 is 43.2 Å². The van der Waals surface area contributed by atoms with E-state index in [1.807, 2.05) is 18.2 Å². The molecule has 1 aliphatic heterocycles. The largest absolute Gasteiger partial charge is 0.486 e. The average molecular weight is 534 g/mol. The van der Waals surface area contributed by atoms with Crippen LogP contribution in [0.15, 0.2) is 76.6 Å². The number of fused-ring (bicyclic) bond motifs is 2. The molecule has 0 saturated carbocycles. The molecular formula is C27H23N3O5S2. The van der Waals surface area contributed by atoms with Crippen LogP contribution >= 0.6 is 11.3 Å². The number of nitrogens with zero attached hydrogens (tertiary/aromatic N) is 3. The van der Waals surface area contributed by atoms with Crippen molar-refractivity contribution in [1.29, 1.82) is 0 Å². The summed E-state index contributed by atoms with van der Waals surface area (Å²) < 4.78 is 41.8. The molecule has 1 aliphatic rings. The summed E-state index contributed by atoms with van der Waals surface area (Å²) in [5.41, 5.74) is 1.62. The second-order valence-electron chi connectivity index (χ2n) is 8.09. The van der Waals surface area contributed by atoms with Crippen LogP contribution < -0.4 is 18.6 Å². The lowest BCUT2D eigenvalue weighted by Crippen LogP contribution is -2.30. The predicted molar refractivity (Wildman–Crippen MR) is 143 cm³/mol. The Bertz CT molecular complexity index is 1680. The van der Waals surface area contributed by atoms with Crippen molar-refractivity contribution in [2.24, 2.45) is 4.99 Å². The number of hydrogen-bond acceptors (Lipinski definition) is 6. The number of carbonyl (C=O) groups excluding carboxylic acids is 1. The molecule has 0 radical (unpaired) electrons. The van der Waals surface area contributed by atoms with Crippen LogP contribution in [0.5, 0.6) is 11.5 Å². The van der Waals surface area contributed by atoms with Gasteiger partial charge in [0.25, 0.3) is 15.9 Å². The van der Waals surface area contributed by atoms with Crippen LogP contribution in [0.2, 0.25) is 0 Å². The zero-order valence-corrected chi connectivity index (χ0v) is 21.6. The highest BCUT2D eigenvalue weighted by Gasteiger charge is 2.24. The van der Waals surface area contributed by atoms with E-state index >= 15 is 0 Å².